The monoisotopic (exact) mass is 389 g/mol. The summed E-state index contributed by atoms with van der Waals surface area (Å²) < 4.78 is 20.8. The van der Waals surface area contributed by atoms with E-state index in [2.05, 4.69) is 10.3 Å². The third-order valence-corrected chi connectivity index (χ3v) is 4.52. The van der Waals surface area contributed by atoms with E-state index in [0.717, 1.165) is 11.0 Å². The predicted octanol–water partition coefficient (Wildman–Crippen LogP) is 4.09. The van der Waals surface area contributed by atoms with Gasteiger partial charge < -0.3 is 14.6 Å². The van der Waals surface area contributed by atoms with Crippen molar-refractivity contribution < 1.29 is 13.9 Å². The number of benzene rings is 1. The minimum Gasteiger partial charge on any atom is -0.374 e. The van der Waals surface area contributed by atoms with E-state index < -0.39 is 5.54 Å². The summed E-state index contributed by atoms with van der Waals surface area (Å²) in [5, 5.41) is 4.29. The van der Waals surface area contributed by atoms with Crippen molar-refractivity contribution in [1.82, 2.24) is 14.9 Å². The predicted molar refractivity (Wildman–Crippen MR) is 103 cm³/mol. The van der Waals surface area contributed by atoms with Gasteiger partial charge in [0, 0.05) is 29.9 Å². The molecule has 0 unspecified atom stereocenters. The molecular formula is C20H21ClFN3O2. The van der Waals surface area contributed by atoms with E-state index in [1.165, 1.54) is 18.2 Å². The van der Waals surface area contributed by atoms with E-state index in [-0.39, 0.29) is 24.9 Å². The van der Waals surface area contributed by atoms with Crippen LogP contribution in [0.15, 0.2) is 42.7 Å². The zero-order valence-corrected chi connectivity index (χ0v) is 16.2. The Hall–Kier alpha value is -2.44. The average Bonchev–Trinajstić information content (AvgIpc) is 2.98. The van der Waals surface area contributed by atoms with Crippen molar-refractivity contribution in [3.05, 3.63) is 64.7 Å². The van der Waals surface area contributed by atoms with Crippen LogP contribution in [0.5, 0.6) is 0 Å². The lowest BCUT2D eigenvalue weighted by molar-refractivity contribution is 0.0616. The van der Waals surface area contributed by atoms with Crippen LogP contribution in [0.25, 0.3) is 11.0 Å². The fourth-order valence-corrected chi connectivity index (χ4v) is 2.94. The highest BCUT2D eigenvalue weighted by molar-refractivity contribution is 6.31. The third-order valence-electron chi connectivity index (χ3n) is 4.15. The second-order valence-electron chi connectivity index (χ2n) is 7.13. The lowest BCUT2D eigenvalue weighted by Crippen LogP contribution is -2.47. The molecule has 0 aliphatic carbocycles. The van der Waals surface area contributed by atoms with Crippen LogP contribution >= 0.6 is 11.6 Å². The van der Waals surface area contributed by atoms with Crippen LogP contribution in [0.2, 0.25) is 5.02 Å². The number of halogens is 2. The van der Waals surface area contributed by atoms with Gasteiger partial charge in [0.2, 0.25) is 0 Å². The zero-order chi connectivity index (χ0) is 19.6. The van der Waals surface area contributed by atoms with Gasteiger partial charge in [-0.15, -0.1) is 0 Å². The molecule has 0 bridgehead atoms. The Morgan fingerprint density at radius 3 is 2.89 bits per heavy atom. The first-order valence-electron chi connectivity index (χ1n) is 8.50. The van der Waals surface area contributed by atoms with E-state index in [4.69, 9.17) is 16.3 Å². The first kappa shape index (κ1) is 19.3. The fraction of sp³-hybridized carbons (Fsp3) is 0.300. The molecule has 1 aromatic carbocycles. The maximum absolute atomic E-state index is 13.3. The van der Waals surface area contributed by atoms with Gasteiger partial charge in [-0.05, 0) is 49.7 Å². The highest BCUT2D eigenvalue weighted by Gasteiger charge is 2.22. The topological polar surface area (TPSA) is 56.2 Å². The lowest BCUT2D eigenvalue weighted by atomic mass is 10.1. The average molecular weight is 390 g/mol. The summed E-state index contributed by atoms with van der Waals surface area (Å²) in [5.74, 6) is -0.597. The summed E-state index contributed by atoms with van der Waals surface area (Å²) >= 11 is 6.03. The number of ether oxygens (including phenoxy) is 1. The highest BCUT2D eigenvalue weighted by atomic mass is 35.5. The van der Waals surface area contributed by atoms with E-state index in [0.29, 0.717) is 16.1 Å². The molecule has 0 saturated heterocycles. The van der Waals surface area contributed by atoms with E-state index in [1.807, 2.05) is 37.7 Å². The van der Waals surface area contributed by atoms with Crippen molar-refractivity contribution in [3.63, 3.8) is 0 Å². The molecule has 1 N–H and O–H groups in total. The number of fused-ring (bicyclic) bond motifs is 1. The molecule has 2 heterocycles. The number of pyridine rings is 1. The minimum atomic E-state index is -0.622. The molecule has 0 saturated carbocycles. The number of carbonyl (C=O) groups is 1. The molecular weight excluding hydrogens is 369 g/mol. The number of nitrogens with one attached hydrogen (secondary N) is 1. The smallest absolute Gasteiger partial charge is 0.253 e. The maximum Gasteiger partial charge on any atom is 0.253 e. The Balaban J connectivity index is 1.60. The summed E-state index contributed by atoms with van der Waals surface area (Å²) in [6.45, 7) is 4.11. The fourth-order valence-electron chi connectivity index (χ4n) is 2.76. The molecule has 0 atom stereocenters. The van der Waals surface area contributed by atoms with Crippen LogP contribution in [0.4, 0.5) is 4.39 Å². The van der Waals surface area contributed by atoms with E-state index in [9.17, 15) is 9.18 Å². The summed E-state index contributed by atoms with van der Waals surface area (Å²) in [6.07, 6.45) is 3.45. The van der Waals surface area contributed by atoms with Gasteiger partial charge in [0.25, 0.3) is 5.91 Å². The van der Waals surface area contributed by atoms with Crippen LogP contribution < -0.4 is 5.32 Å². The SMILES string of the molecule is Cn1ccc2cc(C(=O)NC(C)(C)COCc3cc(F)ccc3Cl)cnc21. The molecule has 0 spiro atoms. The first-order chi connectivity index (χ1) is 12.7. The summed E-state index contributed by atoms with van der Waals surface area (Å²) in [7, 11) is 1.90. The van der Waals surface area contributed by atoms with Crippen LogP contribution in [-0.2, 0) is 18.4 Å². The van der Waals surface area contributed by atoms with Gasteiger partial charge in [0.1, 0.15) is 11.5 Å². The van der Waals surface area contributed by atoms with Crippen molar-refractivity contribution >= 4 is 28.5 Å². The van der Waals surface area contributed by atoms with E-state index in [1.54, 1.807) is 12.3 Å². The molecule has 0 radical (unpaired) electrons. The number of carbonyl (C=O) groups excluding carboxylic acids is 1. The summed E-state index contributed by atoms with van der Waals surface area (Å²) in [5.41, 5.74) is 1.25. The second kappa shape index (κ2) is 7.66. The Morgan fingerprint density at radius 2 is 2.11 bits per heavy atom. The standard InChI is InChI=1S/C20H21ClFN3O2/c1-20(2,12-27-11-15-9-16(22)4-5-17(15)21)24-19(26)14-8-13-6-7-25(3)18(13)23-10-14/h4-10H,11-12H2,1-3H3,(H,24,26). The number of rotatable bonds is 6. The Bertz CT molecular complexity index is 985. The number of amides is 1. The van der Waals surface area contributed by atoms with Gasteiger partial charge in [-0.2, -0.15) is 0 Å². The molecule has 142 valence electrons. The molecule has 3 aromatic rings. The molecule has 7 heteroatoms. The zero-order valence-electron chi connectivity index (χ0n) is 15.4. The molecule has 1 amide bonds. The van der Waals surface area contributed by atoms with Crippen LogP contribution in [0.3, 0.4) is 0 Å². The van der Waals surface area contributed by atoms with Crippen molar-refractivity contribution in [1.29, 1.82) is 0 Å². The van der Waals surface area contributed by atoms with Crippen LogP contribution in [0.1, 0.15) is 29.8 Å². The number of hydrogen-bond acceptors (Lipinski definition) is 3. The third kappa shape index (κ3) is 4.64. The summed E-state index contributed by atoms with van der Waals surface area (Å²) in [4.78, 5) is 16.9. The molecule has 0 aliphatic rings. The Morgan fingerprint density at radius 1 is 1.33 bits per heavy atom. The van der Waals surface area contributed by atoms with E-state index >= 15 is 0 Å². The molecule has 2 aromatic heterocycles. The Kier molecular flexibility index (Phi) is 5.48. The van der Waals surface area contributed by atoms with Gasteiger partial charge >= 0.3 is 0 Å². The number of nitrogens with zero attached hydrogens (tertiary/aromatic N) is 2. The molecule has 27 heavy (non-hydrogen) atoms. The lowest BCUT2D eigenvalue weighted by Gasteiger charge is -2.26. The number of aromatic nitrogens is 2. The van der Waals surface area contributed by atoms with Crippen LogP contribution in [-0.4, -0.2) is 27.6 Å². The normalized spacial score (nSPS) is 11.7. The van der Waals surface area contributed by atoms with Gasteiger partial charge in [-0.25, -0.2) is 9.37 Å². The molecule has 0 fully saturated rings. The first-order valence-corrected chi connectivity index (χ1v) is 8.88. The molecule has 5 nitrogen and oxygen atoms in total. The maximum atomic E-state index is 13.3. The van der Waals surface area contributed by atoms with Gasteiger partial charge in [-0.3, -0.25) is 4.79 Å². The van der Waals surface area contributed by atoms with Crippen LogP contribution in [0, 0.1) is 5.82 Å². The molecule has 3 rings (SSSR count). The highest BCUT2D eigenvalue weighted by Crippen LogP contribution is 2.19. The van der Waals surface area contributed by atoms with Gasteiger partial charge in [0.15, 0.2) is 0 Å². The van der Waals surface area contributed by atoms with Crippen molar-refractivity contribution in [2.24, 2.45) is 7.05 Å². The largest absolute Gasteiger partial charge is 0.374 e. The van der Waals surface area contributed by atoms with Crippen molar-refractivity contribution in [3.8, 4) is 0 Å². The minimum absolute atomic E-state index is 0.160. The quantitative estimate of drug-likeness (QED) is 0.690. The van der Waals surface area contributed by atoms with Gasteiger partial charge in [0.05, 0.1) is 24.3 Å². The van der Waals surface area contributed by atoms with Crippen molar-refractivity contribution in [2.45, 2.75) is 26.0 Å². The number of aryl methyl sites for hydroxylation is 1. The number of hydrogen-bond donors (Lipinski definition) is 1. The second-order valence-corrected chi connectivity index (χ2v) is 7.54. The Labute approximate surface area is 162 Å². The summed E-state index contributed by atoms with van der Waals surface area (Å²) in [6, 6.07) is 7.86. The van der Waals surface area contributed by atoms with Crippen molar-refractivity contribution in [2.75, 3.05) is 6.61 Å². The van der Waals surface area contributed by atoms with Gasteiger partial charge in [-0.1, -0.05) is 11.6 Å². The molecule has 0 aliphatic heterocycles.